The van der Waals surface area contributed by atoms with Crippen LogP contribution in [0.5, 0.6) is 0 Å². The highest BCUT2D eigenvalue weighted by Crippen LogP contribution is 2.12. The van der Waals surface area contributed by atoms with E-state index in [1.54, 1.807) is 21.0 Å². The number of hydrogen-bond acceptors (Lipinski definition) is 4. The maximum absolute atomic E-state index is 11.4. The quantitative estimate of drug-likeness (QED) is 0.574. The Bertz CT molecular complexity index is 281. The number of urea groups is 1. The van der Waals surface area contributed by atoms with Gasteiger partial charge in [-0.1, -0.05) is 0 Å². The number of aliphatic carboxylic acids is 1. The minimum Gasteiger partial charge on any atom is -0.481 e. The van der Waals surface area contributed by atoms with Crippen LogP contribution in [0, 0.1) is 5.41 Å². The topological polar surface area (TPSA) is 96.9 Å². The van der Waals surface area contributed by atoms with E-state index in [2.05, 4.69) is 10.6 Å². The summed E-state index contributed by atoms with van der Waals surface area (Å²) in [7, 11) is 3.07. The molecule has 0 aromatic heterocycles. The number of hydrogen-bond donors (Lipinski definition) is 3. The van der Waals surface area contributed by atoms with Crippen LogP contribution in [0.15, 0.2) is 0 Å². The molecule has 0 fully saturated rings. The minimum absolute atomic E-state index is 0.0517. The van der Waals surface area contributed by atoms with E-state index in [-0.39, 0.29) is 12.6 Å². The van der Waals surface area contributed by atoms with Gasteiger partial charge in [0.25, 0.3) is 0 Å². The number of carbonyl (C=O) groups excluding carboxylic acids is 1. The first-order valence-corrected chi connectivity index (χ1v) is 5.60. The number of rotatable bonds is 8. The van der Waals surface area contributed by atoms with Crippen molar-refractivity contribution in [2.45, 2.75) is 20.0 Å². The highest BCUT2D eigenvalue weighted by molar-refractivity contribution is 5.77. The molecule has 1 unspecified atom stereocenters. The summed E-state index contributed by atoms with van der Waals surface area (Å²) in [4.78, 5) is 22.2. The third-order valence-corrected chi connectivity index (χ3v) is 2.45. The van der Waals surface area contributed by atoms with Crippen molar-refractivity contribution in [3.05, 3.63) is 0 Å². The molecule has 0 heterocycles. The lowest BCUT2D eigenvalue weighted by Crippen LogP contribution is -2.46. The van der Waals surface area contributed by atoms with Crippen molar-refractivity contribution < 1.29 is 24.2 Å². The van der Waals surface area contributed by atoms with E-state index in [9.17, 15) is 9.59 Å². The van der Waals surface area contributed by atoms with Gasteiger partial charge in [0.05, 0.1) is 18.1 Å². The molecule has 0 aliphatic rings. The Morgan fingerprint density at radius 1 is 1.28 bits per heavy atom. The van der Waals surface area contributed by atoms with Crippen molar-refractivity contribution in [2.24, 2.45) is 5.41 Å². The van der Waals surface area contributed by atoms with Gasteiger partial charge in [-0.2, -0.15) is 0 Å². The van der Waals surface area contributed by atoms with E-state index < -0.39 is 17.4 Å². The second kappa shape index (κ2) is 7.88. The highest BCUT2D eigenvalue weighted by Gasteiger charge is 2.27. The molecule has 0 spiro atoms. The molecular formula is C11H22N2O5. The normalized spacial score (nSPS) is 12.9. The average Bonchev–Trinajstić information content (AvgIpc) is 2.31. The second-order valence-electron chi connectivity index (χ2n) is 4.57. The lowest BCUT2D eigenvalue weighted by molar-refractivity contribution is -0.146. The number of nitrogens with one attached hydrogen (secondary N) is 2. The monoisotopic (exact) mass is 262 g/mol. The van der Waals surface area contributed by atoms with Crippen LogP contribution in [-0.2, 0) is 14.3 Å². The summed E-state index contributed by atoms with van der Waals surface area (Å²) in [6, 6.07) is -0.428. The van der Waals surface area contributed by atoms with Crippen LogP contribution in [0.3, 0.4) is 0 Å². The van der Waals surface area contributed by atoms with Crippen LogP contribution in [0.25, 0.3) is 0 Å². The van der Waals surface area contributed by atoms with E-state index in [1.807, 2.05) is 0 Å². The average molecular weight is 262 g/mol. The van der Waals surface area contributed by atoms with Crippen molar-refractivity contribution in [3.8, 4) is 0 Å². The van der Waals surface area contributed by atoms with Crippen LogP contribution in [-0.4, -0.2) is 57.1 Å². The number of ether oxygens (including phenoxy) is 2. The third kappa shape index (κ3) is 6.41. The first-order chi connectivity index (χ1) is 8.33. The van der Waals surface area contributed by atoms with E-state index in [4.69, 9.17) is 14.6 Å². The summed E-state index contributed by atoms with van der Waals surface area (Å²) in [6.45, 7) is 3.80. The van der Waals surface area contributed by atoms with Crippen molar-refractivity contribution in [1.82, 2.24) is 10.6 Å². The van der Waals surface area contributed by atoms with Gasteiger partial charge in [0.15, 0.2) is 0 Å². The molecule has 7 heteroatoms. The van der Waals surface area contributed by atoms with Gasteiger partial charge in [-0.25, -0.2) is 4.79 Å². The standard InChI is InChI=1S/C11H22N2O5/c1-11(2,9(14)15)7-13-10(16)12-5-8(18-4)6-17-3/h8H,5-7H2,1-4H3,(H,14,15)(H2,12,13,16). The van der Waals surface area contributed by atoms with Crippen LogP contribution >= 0.6 is 0 Å². The first-order valence-electron chi connectivity index (χ1n) is 5.60. The molecule has 0 aromatic rings. The second-order valence-corrected chi connectivity index (χ2v) is 4.57. The molecule has 2 amide bonds. The Hall–Kier alpha value is -1.34. The van der Waals surface area contributed by atoms with Crippen molar-refractivity contribution in [1.29, 1.82) is 0 Å². The predicted octanol–water partition coefficient (Wildman–Crippen LogP) is 0.0578. The number of methoxy groups -OCH3 is 2. The van der Waals surface area contributed by atoms with Crippen LogP contribution in [0.2, 0.25) is 0 Å². The summed E-state index contributed by atoms with van der Waals surface area (Å²) in [6.07, 6.45) is -0.228. The van der Waals surface area contributed by atoms with Crippen LogP contribution < -0.4 is 10.6 Å². The molecule has 0 saturated heterocycles. The number of amides is 2. The molecule has 0 saturated carbocycles. The van der Waals surface area contributed by atoms with Gasteiger partial charge in [0.1, 0.15) is 0 Å². The molecule has 0 aliphatic carbocycles. The fourth-order valence-electron chi connectivity index (χ4n) is 1.04. The van der Waals surface area contributed by atoms with Crippen molar-refractivity contribution in [2.75, 3.05) is 33.9 Å². The molecule has 18 heavy (non-hydrogen) atoms. The van der Waals surface area contributed by atoms with Gasteiger partial charge in [-0.05, 0) is 13.8 Å². The zero-order chi connectivity index (χ0) is 14.2. The van der Waals surface area contributed by atoms with Crippen LogP contribution in [0.1, 0.15) is 13.8 Å². The fourth-order valence-corrected chi connectivity index (χ4v) is 1.04. The highest BCUT2D eigenvalue weighted by atomic mass is 16.5. The van der Waals surface area contributed by atoms with E-state index in [1.165, 1.54) is 7.11 Å². The number of carboxylic acid groups (broad SMARTS) is 1. The van der Waals surface area contributed by atoms with Crippen molar-refractivity contribution >= 4 is 12.0 Å². The summed E-state index contributed by atoms with van der Waals surface area (Å²) in [5.74, 6) is -0.961. The molecule has 0 rings (SSSR count). The zero-order valence-corrected chi connectivity index (χ0v) is 11.3. The largest absolute Gasteiger partial charge is 0.481 e. The van der Waals surface area contributed by atoms with Gasteiger partial charge < -0.3 is 25.2 Å². The summed E-state index contributed by atoms with van der Waals surface area (Å²) in [5, 5.41) is 14.0. The molecule has 0 aromatic carbocycles. The first kappa shape index (κ1) is 16.7. The van der Waals surface area contributed by atoms with Crippen LogP contribution in [0.4, 0.5) is 4.79 Å². The summed E-state index contributed by atoms with van der Waals surface area (Å²) >= 11 is 0. The zero-order valence-electron chi connectivity index (χ0n) is 11.3. The van der Waals surface area contributed by atoms with E-state index >= 15 is 0 Å². The molecular weight excluding hydrogens is 240 g/mol. The summed E-state index contributed by atoms with van der Waals surface area (Å²) < 4.78 is 9.96. The van der Waals surface area contributed by atoms with E-state index in [0.717, 1.165) is 0 Å². The van der Waals surface area contributed by atoms with Gasteiger partial charge in [0.2, 0.25) is 0 Å². The predicted molar refractivity (Wildman–Crippen MR) is 65.5 cm³/mol. The molecule has 106 valence electrons. The Balaban J connectivity index is 3.95. The Morgan fingerprint density at radius 2 is 1.89 bits per heavy atom. The molecule has 0 bridgehead atoms. The number of carbonyl (C=O) groups is 2. The Morgan fingerprint density at radius 3 is 2.33 bits per heavy atom. The summed E-state index contributed by atoms with van der Waals surface area (Å²) in [5.41, 5.74) is -0.996. The van der Waals surface area contributed by atoms with Gasteiger partial charge in [-0.15, -0.1) is 0 Å². The van der Waals surface area contributed by atoms with E-state index in [0.29, 0.717) is 13.2 Å². The molecule has 1 atom stereocenters. The fraction of sp³-hybridized carbons (Fsp3) is 0.818. The molecule has 3 N–H and O–H groups in total. The lowest BCUT2D eigenvalue weighted by atomic mass is 9.94. The Labute approximate surface area is 107 Å². The van der Waals surface area contributed by atoms with Gasteiger partial charge in [-0.3, -0.25) is 4.79 Å². The maximum Gasteiger partial charge on any atom is 0.314 e. The molecule has 0 radical (unpaired) electrons. The third-order valence-electron chi connectivity index (χ3n) is 2.45. The molecule has 0 aliphatic heterocycles. The SMILES string of the molecule is COCC(CNC(=O)NCC(C)(C)C(=O)O)OC. The smallest absolute Gasteiger partial charge is 0.314 e. The Kier molecular flexibility index (Phi) is 7.30. The van der Waals surface area contributed by atoms with Gasteiger partial charge >= 0.3 is 12.0 Å². The van der Waals surface area contributed by atoms with Crippen molar-refractivity contribution in [3.63, 3.8) is 0 Å². The number of carboxylic acids is 1. The van der Waals surface area contributed by atoms with Gasteiger partial charge in [0, 0.05) is 27.3 Å². The molecule has 7 nitrogen and oxygen atoms in total. The maximum atomic E-state index is 11.4. The lowest BCUT2D eigenvalue weighted by Gasteiger charge is -2.20. The minimum atomic E-state index is -0.996.